The van der Waals surface area contributed by atoms with E-state index in [0.29, 0.717) is 10.2 Å². The van der Waals surface area contributed by atoms with Gasteiger partial charge in [-0.2, -0.15) is 0 Å². The Balaban J connectivity index is 0.00000108. The van der Waals surface area contributed by atoms with E-state index in [1.54, 1.807) is 12.3 Å². The standard InChI is InChI=1S/C12H6Cl2N2.Pt/c13-9-6-8-4-3-7-2-1-5-15-10(7)11(8)16-12(9)14;/h1-6H;/q;+2. The maximum Gasteiger partial charge on any atom is 2.00 e. The van der Waals surface area contributed by atoms with Crippen LogP contribution in [0.3, 0.4) is 0 Å². The minimum atomic E-state index is 0. The molecule has 86 valence electrons. The van der Waals surface area contributed by atoms with Crippen LogP contribution < -0.4 is 0 Å². The third kappa shape index (κ3) is 2.17. The molecule has 3 rings (SSSR count). The molecule has 0 aliphatic heterocycles. The van der Waals surface area contributed by atoms with Gasteiger partial charge in [-0.25, -0.2) is 4.98 Å². The Bertz CT molecular complexity index is 700. The maximum atomic E-state index is 5.92. The van der Waals surface area contributed by atoms with Gasteiger partial charge >= 0.3 is 21.1 Å². The van der Waals surface area contributed by atoms with Gasteiger partial charge in [0.1, 0.15) is 5.15 Å². The number of nitrogens with zero attached hydrogens (tertiary/aromatic N) is 2. The van der Waals surface area contributed by atoms with Crippen molar-refractivity contribution in [2.45, 2.75) is 0 Å². The Morgan fingerprint density at radius 2 is 1.71 bits per heavy atom. The molecule has 1 aromatic carbocycles. The molecule has 0 spiro atoms. The Morgan fingerprint density at radius 3 is 2.53 bits per heavy atom. The van der Waals surface area contributed by atoms with E-state index in [-0.39, 0.29) is 21.1 Å². The number of hydrogen-bond donors (Lipinski definition) is 0. The molecule has 2 heterocycles. The van der Waals surface area contributed by atoms with E-state index in [1.165, 1.54) is 0 Å². The van der Waals surface area contributed by atoms with Gasteiger partial charge in [-0.1, -0.05) is 41.4 Å². The first kappa shape index (κ1) is 12.8. The molecule has 0 radical (unpaired) electrons. The zero-order valence-corrected chi connectivity index (χ0v) is 12.2. The molecule has 17 heavy (non-hydrogen) atoms. The monoisotopic (exact) mass is 443 g/mol. The van der Waals surface area contributed by atoms with E-state index in [4.69, 9.17) is 23.2 Å². The van der Waals surface area contributed by atoms with Gasteiger partial charge in [-0.15, -0.1) is 0 Å². The number of fused-ring (bicyclic) bond motifs is 3. The fourth-order valence-electron chi connectivity index (χ4n) is 1.73. The predicted octanol–water partition coefficient (Wildman–Crippen LogP) is 4.09. The van der Waals surface area contributed by atoms with E-state index >= 15 is 0 Å². The second kappa shape index (κ2) is 4.89. The molecule has 5 heteroatoms. The summed E-state index contributed by atoms with van der Waals surface area (Å²) in [6.07, 6.45) is 1.74. The first-order valence-corrected chi connectivity index (χ1v) is 5.51. The van der Waals surface area contributed by atoms with Crippen LogP contribution in [0.25, 0.3) is 21.8 Å². The van der Waals surface area contributed by atoms with Crippen LogP contribution in [-0.2, 0) is 21.1 Å². The van der Waals surface area contributed by atoms with Crippen LogP contribution in [0.2, 0.25) is 10.2 Å². The molecule has 0 fully saturated rings. The van der Waals surface area contributed by atoms with Crippen molar-refractivity contribution in [3.63, 3.8) is 0 Å². The summed E-state index contributed by atoms with van der Waals surface area (Å²) >= 11 is 11.8. The van der Waals surface area contributed by atoms with Crippen molar-refractivity contribution >= 4 is 45.0 Å². The molecule has 0 aliphatic carbocycles. The SMILES string of the molecule is Clc1cc2ccc3cccnc3c2nc1Cl.[Pt+2]. The Labute approximate surface area is 122 Å². The van der Waals surface area contributed by atoms with E-state index < -0.39 is 0 Å². The molecule has 0 aliphatic rings. The minimum Gasteiger partial charge on any atom is -0.254 e. The fourth-order valence-corrected chi connectivity index (χ4v) is 2.03. The zero-order valence-electron chi connectivity index (χ0n) is 8.43. The third-order valence-electron chi connectivity index (χ3n) is 2.47. The van der Waals surface area contributed by atoms with Gasteiger partial charge in [0.25, 0.3) is 0 Å². The summed E-state index contributed by atoms with van der Waals surface area (Å²) in [6.45, 7) is 0. The molecule has 0 unspecified atom stereocenters. The second-order valence-corrected chi connectivity index (χ2v) is 4.24. The Hall–Kier alpha value is -0.692. The molecule has 0 saturated heterocycles. The maximum absolute atomic E-state index is 5.92. The minimum absolute atomic E-state index is 0. The van der Waals surface area contributed by atoms with Gasteiger partial charge in [0, 0.05) is 17.0 Å². The normalized spacial score (nSPS) is 10.5. The second-order valence-electron chi connectivity index (χ2n) is 3.47. The number of halogens is 2. The van der Waals surface area contributed by atoms with Crippen molar-refractivity contribution in [1.29, 1.82) is 0 Å². The smallest absolute Gasteiger partial charge is 0.254 e. The summed E-state index contributed by atoms with van der Waals surface area (Å²) in [6, 6.07) is 9.66. The van der Waals surface area contributed by atoms with Crippen LogP contribution in [0.15, 0.2) is 36.5 Å². The van der Waals surface area contributed by atoms with Gasteiger partial charge in [0.15, 0.2) is 0 Å². The third-order valence-corrected chi connectivity index (χ3v) is 3.14. The van der Waals surface area contributed by atoms with Crippen LogP contribution in [0.1, 0.15) is 0 Å². The van der Waals surface area contributed by atoms with Gasteiger partial charge in [-0.05, 0) is 12.1 Å². The molecule has 0 amide bonds. The van der Waals surface area contributed by atoms with Crippen molar-refractivity contribution in [3.05, 3.63) is 46.7 Å². The van der Waals surface area contributed by atoms with Gasteiger partial charge in [-0.3, -0.25) is 4.98 Å². The summed E-state index contributed by atoms with van der Waals surface area (Å²) in [5.74, 6) is 0. The van der Waals surface area contributed by atoms with E-state index in [9.17, 15) is 0 Å². The Kier molecular flexibility index (Phi) is 3.67. The largest absolute Gasteiger partial charge is 2.00 e. The summed E-state index contributed by atoms with van der Waals surface area (Å²) in [5.41, 5.74) is 1.63. The number of hydrogen-bond acceptors (Lipinski definition) is 2. The number of aromatic nitrogens is 2. The average Bonchev–Trinajstić information content (AvgIpc) is 2.31. The van der Waals surface area contributed by atoms with Crippen LogP contribution in [0, 0.1) is 0 Å². The zero-order chi connectivity index (χ0) is 11.1. The van der Waals surface area contributed by atoms with Crippen molar-refractivity contribution in [2.75, 3.05) is 0 Å². The van der Waals surface area contributed by atoms with Gasteiger partial charge in [0.05, 0.1) is 16.1 Å². The molecular weight excluding hydrogens is 438 g/mol. The topological polar surface area (TPSA) is 25.8 Å². The van der Waals surface area contributed by atoms with Gasteiger partial charge in [0.2, 0.25) is 0 Å². The molecule has 2 aromatic heterocycles. The first-order chi connectivity index (χ1) is 7.75. The number of benzene rings is 1. The van der Waals surface area contributed by atoms with Crippen LogP contribution in [0.5, 0.6) is 0 Å². The molecular formula is C12H6Cl2N2Pt+2. The molecule has 0 saturated carbocycles. The molecule has 0 N–H and O–H groups in total. The first-order valence-electron chi connectivity index (χ1n) is 4.75. The number of pyridine rings is 2. The summed E-state index contributed by atoms with van der Waals surface area (Å²) < 4.78 is 0. The molecule has 2 nitrogen and oxygen atoms in total. The fraction of sp³-hybridized carbons (Fsp3) is 0. The van der Waals surface area contributed by atoms with Crippen LogP contribution in [-0.4, -0.2) is 9.97 Å². The molecule has 0 bridgehead atoms. The van der Waals surface area contributed by atoms with E-state index in [1.807, 2.05) is 24.3 Å². The molecule has 0 atom stereocenters. The quantitative estimate of drug-likeness (QED) is 0.386. The van der Waals surface area contributed by atoms with Crippen molar-refractivity contribution in [2.24, 2.45) is 0 Å². The number of rotatable bonds is 0. The summed E-state index contributed by atoms with van der Waals surface area (Å²) in [4.78, 5) is 8.59. The van der Waals surface area contributed by atoms with E-state index in [2.05, 4.69) is 9.97 Å². The average molecular weight is 444 g/mol. The van der Waals surface area contributed by atoms with Crippen LogP contribution >= 0.6 is 23.2 Å². The Morgan fingerprint density at radius 1 is 0.941 bits per heavy atom. The van der Waals surface area contributed by atoms with Crippen LogP contribution in [0.4, 0.5) is 0 Å². The summed E-state index contributed by atoms with van der Waals surface area (Å²) in [5, 5.41) is 2.76. The van der Waals surface area contributed by atoms with Gasteiger partial charge < -0.3 is 0 Å². The molecule has 3 aromatic rings. The van der Waals surface area contributed by atoms with Crippen molar-refractivity contribution < 1.29 is 21.1 Å². The van der Waals surface area contributed by atoms with E-state index in [0.717, 1.165) is 21.8 Å². The summed E-state index contributed by atoms with van der Waals surface area (Å²) in [7, 11) is 0. The predicted molar refractivity (Wildman–Crippen MR) is 67.1 cm³/mol. The van der Waals surface area contributed by atoms with Crippen molar-refractivity contribution in [3.8, 4) is 0 Å². The van der Waals surface area contributed by atoms with Crippen molar-refractivity contribution in [1.82, 2.24) is 9.97 Å².